The van der Waals surface area contributed by atoms with Crippen LogP contribution in [0, 0.1) is 0 Å². The summed E-state index contributed by atoms with van der Waals surface area (Å²) >= 11 is 0. The van der Waals surface area contributed by atoms with Crippen LogP contribution < -0.4 is 0 Å². The monoisotopic (exact) mass is 725 g/mol. The lowest BCUT2D eigenvalue weighted by Crippen LogP contribution is -1.98. The molecule has 12 aromatic rings. The zero-order valence-electron chi connectivity index (χ0n) is 31.0. The van der Waals surface area contributed by atoms with Gasteiger partial charge in [0.2, 0.25) is 0 Å². The second-order valence-electron chi connectivity index (χ2n) is 15.0. The number of benzene rings is 9. The molecule has 0 saturated heterocycles. The Labute approximate surface area is 329 Å². The van der Waals surface area contributed by atoms with Gasteiger partial charge in [0.05, 0.1) is 33.1 Å². The van der Waals surface area contributed by atoms with Crippen LogP contribution in [0.25, 0.3) is 105 Å². The van der Waals surface area contributed by atoms with E-state index in [1.807, 2.05) is 0 Å². The number of aromatic nitrogens is 3. The summed E-state index contributed by atoms with van der Waals surface area (Å²) in [5.41, 5.74) is 15.4. The average molecular weight is 726 g/mol. The smallest absolute Gasteiger partial charge is 0.0561 e. The lowest BCUT2D eigenvalue weighted by Gasteiger charge is -2.13. The summed E-state index contributed by atoms with van der Waals surface area (Å²) in [6, 6.07) is 77.4. The van der Waals surface area contributed by atoms with Gasteiger partial charge in [0.25, 0.3) is 0 Å². The topological polar surface area (TPSA) is 14.8 Å². The minimum atomic E-state index is 1.13. The molecule has 0 fully saturated rings. The van der Waals surface area contributed by atoms with Crippen molar-refractivity contribution in [3.8, 4) is 39.3 Å². The fourth-order valence-electron chi connectivity index (χ4n) is 9.24. The summed E-state index contributed by atoms with van der Waals surface area (Å²) in [4.78, 5) is 0. The van der Waals surface area contributed by atoms with Gasteiger partial charge in [-0.2, -0.15) is 0 Å². The van der Waals surface area contributed by atoms with E-state index in [1.54, 1.807) is 0 Å². The lowest BCUT2D eigenvalue weighted by molar-refractivity contribution is 1.14. The van der Waals surface area contributed by atoms with E-state index in [1.165, 1.54) is 87.7 Å². The number of para-hydroxylation sites is 4. The van der Waals surface area contributed by atoms with Crippen LogP contribution in [0.2, 0.25) is 0 Å². The van der Waals surface area contributed by atoms with Crippen molar-refractivity contribution in [1.29, 1.82) is 0 Å². The summed E-state index contributed by atoms with van der Waals surface area (Å²) in [6.45, 7) is 0. The predicted octanol–water partition coefficient (Wildman–Crippen LogP) is 14.3. The Morgan fingerprint density at radius 3 is 0.895 bits per heavy atom. The Bertz CT molecular complexity index is 3440. The molecule has 0 aliphatic heterocycles. The maximum absolute atomic E-state index is 2.45. The van der Waals surface area contributed by atoms with Gasteiger partial charge in [0.1, 0.15) is 0 Å². The molecule has 9 aromatic carbocycles. The maximum Gasteiger partial charge on any atom is 0.0561 e. The normalized spacial score (nSPS) is 11.9. The molecular formula is C54H35N3. The van der Waals surface area contributed by atoms with Crippen molar-refractivity contribution in [3.05, 3.63) is 212 Å². The molecule has 0 radical (unpaired) electrons. The largest absolute Gasteiger partial charge is 0.309 e. The van der Waals surface area contributed by atoms with Crippen molar-refractivity contribution in [3.63, 3.8) is 0 Å². The van der Waals surface area contributed by atoms with E-state index in [-0.39, 0.29) is 0 Å². The van der Waals surface area contributed by atoms with Gasteiger partial charge in [0.15, 0.2) is 0 Å². The second-order valence-corrected chi connectivity index (χ2v) is 15.0. The molecule has 0 saturated carbocycles. The molecule has 0 unspecified atom stereocenters. The molecule has 0 amide bonds. The van der Waals surface area contributed by atoms with Crippen LogP contribution in [-0.4, -0.2) is 13.7 Å². The SMILES string of the molecule is c1ccc(-c2ccc(-c3ccc(-n4c5ccccc5c5ccc(-n6c7ccccc7c7ccc(-n8c9ccccc9c9ccccc98)cc76)cc54)cc3)cc2)cc1. The Kier molecular flexibility index (Phi) is 6.93. The van der Waals surface area contributed by atoms with Gasteiger partial charge in [-0.05, 0) is 82.9 Å². The van der Waals surface area contributed by atoms with E-state index in [0.717, 1.165) is 17.1 Å². The van der Waals surface area contributed by atoms with Crippen LogP contribution in [0.4, 0.5) is 0 Å². The molecule has 0 N–H and O–H groups in total. The number of hydrogen-bond acceptors (Lipinski definition) is 0. The van der Waals surface area contributed by atoms with Gasteiger partial charge in [-0.3, -0.25) is 0 Å². The summed E-state index contributed by atoms with van der Waals surface area (Å²) < 4.78 is 7.29. The standard InChI is InChI=1S/C54H35N3/c1-2-12-36(13-3-1)37-22-24-38(25-23-37)39-26-28-40(29-27-39)55-49-18-8-6-16-45(49)47-33-31-42(35-53(47)55)57-52-21-11-7-17-46(52)48-32-30-41(34-54(48)57)56-50-19-9-4-14-43(50)44-15-5-10-20-51(44)56/h1-35H. The van der Waals surface area contributed by atoms with Crippen molar-refractivity contribution < 1.29 is 0 Å². The molecule has 0 aliphatic rings. The first-order valence-corrected chi connectivity index (χ1v) is 19.6. The van der Waals surface area contributed by atoms with E-state index in [2.05, 4.69) is 226 Å². The first-order chi connectivity index (χ1) is 28.3. The molecule has 0 bridgehead atoms. The van der Waals surface area contributed by atoms with Gasteiger partial charge in [-0.25, -0.2) is 0 Å². The molecule has 57 heavy (non-hydrogen) atoms. The van der Waals surface area contributed by atoms with Crippen LogP contribution in [0.1, 0.15) is 0 Å². The minimum Gasteiger partial charge on any atom is -0.309 e. The van der Waals surface area contributed by atoms with E-state index in [4.69, 9.17) is 0 Å². The second kappa shape index (κ2) is 12.5. The zero-order valence-corrected chi connectivity index (χ0v) is 31.0. The zero-order chi connectivity index (χ0) is 37.5. The number of rotatable bonds is 5. The van der Waals surface area contributed by atoms with Gasteiger partial charge in [-0.15, -0.1) is 0 Å². The molecule has 3 nitrogen and oxygen atoms in total. The van der Waals surface area contributed by atoms with Crippen molar-refractivity contribution in [2.75, 3.05) is 0 Å². The highest BCUT2D eigenvalue weighted by Crippen LogP contribution is 2.39. The first-order valence-electron chi connectivity index (χ1n) is 19.6. The van der Waals surface area contributed by atoms with Gasteiger partial charge >= 0.3 is 0 Å². The highest BCUT2D eigenvalue weighted by atomic mass is 15.0. The van der Waals surface area contributed by atoms with Crippen LogP contribution in [0.5, 0.6) is 0 Å². The fraction of sp³-hybridized carbons (Fsp3) is 0. The highest BCUT2D eigenvalue weighted by Gasteiger charge is 2.19. The minimum absolute atomic E-state index is 1.13. The van der Waals surface area contributed by atoms with Crippen molar-refractivity contribution in [2.24, 2.45) is 0 Å². The molecule has 12 rings (SSSR count). The molecule has 3 heterocycles. The molecule has 3 aromatic heterocycles. The Morgan fingerprint density at radius 2 is 0.474 bits per heavy atom. The predicted molar refractivity (Wildman–Crippen MR) is 240 cm³/mol. The Morgan fingerprint density at radius 1 is 0.193 bits per heavy atom. The quantitative estimate of drug-likeness (QED) is 0.168. The molecule has 0 spiro atoms. The third kappa shape index (κ3) is 4.86. The van der Waals surface area contributed by atoms with Crippen LogP contribution in [-0.2, 0) is 0 Å². The number of fused-ring (bicyclic) bond motifs is 9. The summed E-state index contributed by atoms with van der Waals surface area (Å²) in [6.07, 6.45) is 0. The van der Waals surface area contributed by atoms with Crippen LogP contribution in [0.15, 0.2) is 212 Å². The Hall–Kier alpha value is -7.62. The van der Waals surface area contributed by atoms with E-state index in [0.29, 0.717) is 0 Å². The van der Waals surface area contributed by atoms with Crippen molar-refractivity contribution in [2.45, 2.75) is 0 Å². The Balaban J connectivity index is 1.03. The summed E-state index contributed by atoms with van der Waals surface area (Å²) in [5.74, 6) is 0. The van der Waals surface area contributed by atoms with Gasteiger partial charge < -0.3 is 13.7 Å². The molecule has 0 aliphatic carbocycles. The molecule has 0 atom stereocenters. The van der Waals surface area contributed by atoms with Gasteiger partial charge in [-0.1, -0.05) is 152 Å². The molecular weight excluding hydrogens is 691 g/mol. The number of hydrogen-bond donors (Lipinski definition) is 0. The lowest BCUT2D eigenvalue weighted by atomic mass is 10.0. The fourth-order valence-corrected chi connectivity index (χ4v) is 9.24. The first kappa shape index (κ1) is 31.7. The third-order valence-corrected chi connectivity index (χ3v) is 11.9. The maximum atomic E-state index is 2.45. The van der Waals surface area contributed by atoms with Crippen LogP contribution >= 0.6 is 0 Å². The van der Waals surface area contributed by atoms with Crippen LogP contribution in [0.3, 0.4) is 0 Å². The molecule has 3 heteroatoms. The van der Waals surface area contributed by atoms with Crippen molar-refractivity contribution >= 4 is 65.4 Å². The van der Waals surface area contributed by atoms with E-state index in [9.17, 15) is 0 Å². The van der Waals surface area contributed by atoms with E-state index < -0.39 is 0 Å². The third-order valence-electron chi connectivity index (χ3n) is 11.9. The average Bonchev–Trinajstić information content (AvgIpc) is 3.92. The summed E-state index contributed by atoms with van der Waals surface area (Å²) in [7, 11) is 0. The van der Waals surface area contributed by atoms with E-state index >= 15 is 0 Å². The number of nitrogens with zero attached hydrogens (tertiary/aromatic N) is 3. The summed E-state index contributed by atoms with van der Waals surface area (Å²) in [5, 5.41) is 7.50. The molecule has 266 valence electrons. The van der Waals surface area contributed by atoms with Crippen molar-refractivity contribution in [1.82, 2.24) is 13.7 Å². The van der Waals surface area contributed by atoms with Gasteiger partial charge in [0, 0.05) is 49.4 Å². The highest BCUT2D eigenvalue weighted by molar-refractivity contribution is 6.13.